The third-order valence-corrected chi connectivity index (χ3v) is 3.75. The summed E-state index contributed by atoms with van der Waals surface area (Å²) in [4.78, 5) is 14.7. The highest BCUT2D eigenvalue weighted by Crippen LogP contribution is 2.29. The van der Waals surface area contributed by atoms with Crippen LogP contribution >= 0.6 is 0 Å². The molecule has 0 heterocycles. The average molecular weight is 274 g/mol. The highest BCUT2D eigenvalue weighted by molar-refractivity contribution is 5.96. The molecule has 110 valence electrons. The van der Waals surface area contributed by atoms with Gasteiger partial charge in [0.05, 0.1) is 0 Å². The van der Waals surface area contributed by atoms with Gasteiger partial charge < -0.3 is 10.2 Å². The van der Waals surface area contributed by atoms with E-state index in [1.54, 1.807) is 0 Å². The molecule has 1 fully saturated rings. The second-order valence-corrected chi connectivity index (χ2v) is 5.69. The van der Waals surface area contributed by atoms with Crippen LogP contribution in [-0.4, -0.2) is 29.9 Å². The quantitative estimate of drug-likeness (QED) is 0.819. The van der Waals surface area contributed by atoms with Crippen molar-refractivity contribution >= 4 is 11.6 Å². The number of rotatable bonds is 7. The van der Waals surface area contributed by atoms with Gasteiger partial charge in [-0.25, -0.2) is 0 Å². The van der Waals surface area contributed by atoms with E-state index in [4.69, 9.17) is 0 Å². The Morgan fingerprint density at radius 1 is 1.30 bits per heavy atom. The largest absolute Gasteiger partial charge is 0.385 e. The van der Waals surface area contributed by atoms with Gasteiger partial charge >= 0.3 is 0 Å². The van der Waals surface area contributed by atoms with Crippen LogP contribution in [0, 0.1) is 6.92 Å². The van der Waals surface area contributed by atoms with Crippen molar-refractivity contribution in [2.24, 2.45) is 0 Å². The molecule has 20 heavy (non-hydrogen) atoms. The first-order chi connectivity index (χ1) is 9.67. The van der Waals surface area contributed by atoms with E-state index in [9.17, 15) is 4.79 Å². The Hall–Kier alpha value is -1.51. The number of carbonyl (C=O) groups is 1. The fourth-order valence-corrected chi connectivity index (χ4v) is 2.51. The molecule has 2 rings (SSSR count). The van der Waals surface area contributed by atoms with Gasteiger partial charge in [-0.05, 0) is 56.4 Å². The second kappa shape index (κ2) is 6.78. The predicted octanol–water partition coefficient (Wildman–Crippen LogP) is 3.83. The number of hydrogen-bond acceptors (Lipinski definition) is 2. The Bertz CT molecular complexity index is 466. The Balaban J connectivity index is 2.12. The molecule has 0 bridgehead atoms. The zero-order valence-electron chi connectivity index (χ0n) is 12.9. The lowest BCUT2D eigenvalue weighted by Gasteiger charge is -2.23. The molecule has 1 N–H and O–H groups in total. The van der Waals surface area contributed by atoms with Gasteiger partial charge in [-0.1, -0.05) is 13.8 Å². The molecule has 0 radical (unpaired) electrons. The minimum absolute atomic E-state index is 0.203. The van der Waals surface area contributed by atoms with Crippen molar-refractivity contribution < 1.29 is 4.79 Å². The van der Waals surface area contributed by atoms with Crippen molar-refractivity contribution in [3.05, 3.63) is 29.3 Å². The first kappa shape index (κ1) is 14.9. The number of aryl methyl sites for hydroxylation is 1. The minimum Gasteiger partial charge on any atom is -0.385 e. The molecule has 3 heteroatoms. The maximum Gasteiger partial charge on any atom is 0.254 e. The molecule has 0 saturated heterocycles. The van der Waals surface area contributed by atoms with E-state index in [1.807, 2.05) is 19.1 Å². The van der Waals surface area contributed by atoms with Gasteiger partial charge in [0.2, 0.25) is 0 Å². The van der Waals surface area contributed by atoms with Crippen molar-refractivity contribution in [2.45, 2.75) is 52.5 Å². The molecular formula is C17H26N2O. The number of carbonyl (C=O) groups excluding carboxylic acids is 1. The van der Waals surface area contributed by atoms with E-state index in [2.05, 4.69) is 30.1 Å². The third kappa shape index (κ3) is 3.53. The highest BCUT2D eigenvalue weighted by atomic mass is 16.2. The fourth-order valence-electron chi connectivity index (χ4n) is 2.51. The highest BCUT2D eigenvalue weighted by Gasteiger charge is 2.32. The number of hydrogen-bond donors (Lipinski definition) is 1. The molecule has 0 aromatic heterocycles. The molecule has 1 aliphatic rings. The van der Waals surface area contributed by atoms with Crippen LogP contribution in [0.3, 0.4) is 0 Å². The van der Waals surface area contributed by atoms with Crippen LogP contribution in [-0.2, 0) is 0 Å². The summed E-state index contributed by atoms with van der Waals surface area (Å²) in [6.45, 7) is 8.15. The SMILES string of the molecule is CCCNc1ccc(C(=O)N(CCC)C2CC2)c(C)c1. The average Bonchev–Trinajstić information content (AvgIpc) is 3.26. The van der Waals surface area contributed by atoms with Gasteiger partial charge in [0, 0.05) is 30.4 Å². The van der Waals surface area contributed by atoms with E-state index >= 15 is 0 Å². The molecule has 3 nitrogen and oxygen atoms in total. The van der Waals surface area contributed by atoms with Crippen molar-refractivity contribution in [2.75, 3.05) is 18.4 Å². The number of anilines is 1. The number of nitrogens with zero attached hydrogens (tertiary/aromatic N) is 1. The van der Waals surface area contributed by atoms with E-state index < -0.39 is 0 Å². The Morgan fingerprint density at radius 3 is 2.60 bits per heavy atom. The van der Waals surface area contributed by atoms with Crippen molar-refractivity contribution in [1.29, 1.82) is 0 Å². The van der Waals surface area contributed by atoms with Crippen LogP contribution in [0.15, 0.2) is 18.2 Å². The first-order valence-corrected chi connectivity index (χ1v) is 7.82. The summed E-state index contributed by atoms with van der Waals surface area (Å²) in [5.41, 5.74) is 3.03. The molecule has 0 spiro atoms. The molecule has 1 aromatic carbocycles. The minimum atomic E-state index is 0.203. The lowest BCUT2D eigenvalue weighted by atomic mass is 10.1. The maximum atomic E-state index is 12.7. The van der Waals surface area contributed by atoms with Crippen molar-refractivity contribution in [1.82, 2.24) is 4.90 Å². The Labute approximate surface area is 122 Å². The van der Waals surface area contributed by atoms with Crippen LogP contribution in [0.25, 0.3) is 0 Å². The predicted molar refractivity (Wildman–Crippen MR) is 84.3 cm³/mol. The topological polar surface area (TPSA) is 32.3 Å². The van der Waals surface area contributed by atoms with Gasteiger partial charge in [0.1, 0.15) is 0 Å². The van der Waals surface area contributed by atoms with Gasteiger partial charge in [-0.3, -0.25) is 4.79 Å². The lowest BCUT2D eigenvalue weighted by Crippen LogP contribution is -2.34. The van der Waals surface area contributed by atoms with E-state index in [0.29, 0.717) is 6.04 Å². The third-order valence-electron chi connectivity index (χ3n) is 3.75. The van der Waals surface area contributed by atoms with E-state index in [-0.39, 0.29) is 5.91 Å². The molecule has 1 amide bonds. The molecule has 1 saturated carbocycles. The Morgan fingerprint density at radius 2 is 2.05 bits per heavy atom. The van der Waals surface area contributed by atoms with Gasteiger partial charge in [0.15, 0.2) is 0 Å². The molecular weight excluding hydrogens is 248 g/mol. The molecule has 0 atom stereocenters. The standard InChI is InChI=1S/C17H26N2O/c1-4-10-18-14-6-9-16(13(3)12-14)17(20)19(11-5-2)15-7-8-15/h6,9,12,15,18H,4-5,7-8,10-11H2,1-3H3. The smallest absolute Gasteiger partial charge is 0.254 e. The zero-order valence-corrected chi connectivity index (χ0v) is 12.9. The summed E-state index contributed by atoms with van der Waals surface area (Å²) in [6, 6.07) is 6.56. The zero-order chi connectivity index (χ0) is 14.5. The molecule has 0 unspecified atom stereocenters. The number of amides is 1. The molecule has 1 aromatic rings. The number of benzene rings is 1. The van der Waals surface area contributed by atoms with Crippen molar-refractivity contribution in [3.8, 4) is 0 Å². The van der Waals surface area contributed by atoms with Gasteiger partial charge in [-0.2, -0.15) is 0 Å². The first-order valence-electron chi connectivity index (χ1n) is 7.82. The van der Waals surface area contributed by atoms with Crippen LogP contribution in [0.5, 0.6) is 0 Å². The summed E-state index contributed by atoms with van der Waals surface area (Å²) in [7, 11) is 0. The summed E-state index contributed by atoms with van der Waals surface area (Å²) in [6.07, 6.45) is 4.46. The second-order valence-electron chi connectivity index (χ2n) is 5.69. The van der Waals surface area contributed by atoms with Crippen LogP contribution in [0.4, 0.5) is 5.69 Å². The lowest BCUT2D eigenvalue weighted by molar-refractivity contribution is 0.0742. The van der Waals surface area contributed by atoms with Gasteiger partial charge in [0.25, 0.3) is 5.91 Å². The van der Waals surface area contributed by atoms with Crippen LogP contribution < -0.4 is 5.32 Å². The molecule has 0 aliphatic heterocycles. The number of nitrogens with one attached hydrogen (secondary N) is 1. The molecule has 1 aliphatic carbocycles. The normalized spacial score (nSPS) is 14.2. The van der Waals surface area contributed by atoms with Crippen molar-refractivity contribution in [3.63, 3.8) is 0 Å². The van der Waals surface area contributed by atoms with Crippen LogP contribution in [0.2, 0.25) is 0 Å². The Kier molecular flexibility index (Phi) is 5.05. The van der Waals surface area contributed by atoms with E-state index in [0.717, 1.165) is 42.7 Å². The monoisotopic (exact) mass is 274 g/mol. The summed E-state index contributed by atoms with van der Waals surface area (Å²) in [5.74, 6) is 0.203. The van der Waals surface area contributed by atoms with E-state index in [1.165, 1.54) is 12.8 Å². The summed E-state index contributed by atoms with van der Waals surface area (Å²) >= 11 is 0. The van der Waals surface area contributed by atoms with Crippen LogP contribution in [0.1, 0.15) is 55.5 Å². The van der Waals surface area contributed by atoms with Gasteiger partial charge in [-0.15, -0.1) is 0 Å². The summed E-state index contributed by atoms with van der Waals surface area (Å²) in [5, 5.41) is 3.37. The summed E-state index contributed by atoms with van der Waals surface area (Å²) < 4.78 is 0. The fraction of sp³-hybridized carbons (Fsp3) is 0.588. The maximum absolute atomic E-state index is 12.7.